The highest BCUT2D eigenvalue weighted by atomic mass is 16.6. The highest BCUT2D eigenvalue weighted by Crippen LogP contribution is 2.15. The molecule has 0 radical (unpaired) electrons. The van der Waals surface area contributed by atoms with E-state index in [2.05, 4.69) is 22.9 Å². The average Bonchev–Trinajstić information content (AvgIpc) is 2.85. The minimum atomic E-state index is -0.760. The van der Waals surface area contributed by atoms with E-state index in [1.807, 2.05) is 6.08 Å². The molecule has 1 heterocycles. The van der Waals surface area contributed by atoms with Gasteiger partial charge >= 0.3 is 11.9 Å². The van der Waals surface area contributed by atoms with Crippen LogP contribution < -0.4 is 4.57 Å². The lowest BCUT2D eigenvalue weighted by molar-refractivity contribution is -0.686. The van der Waals surface area contributed by atoms with Crippen LogP contribution in [0.2, 0.25) is 0 Å². The molecular formula is C27H43N2O6+. The van der Waals surface area contributed by atoms with Crippen molar-refractivity contribution in [1.29, 1.82) is 0 Å². The van der Waals surface area contributed by atoms with Gasteiger partial charge in [-0.2, -0.15) is 4.57 Å². The zero-order chi connectivity index (χ0) is 25.7. The molecule has 2 unspecified atom stereocenters. The van der Waals surface area contributed by atoms with Gasteiger partial charge in [-0.1, -0.05) is 56.3 Å². The molecule has 0 aliphatic heterocycles. The number of aliphatic hydroxyl groups is 1. The molecule has 1 aromatic rings. The molecule has 0 aliphatic carbocycles. The molecule has 2 atom stereocenters. The van der Waals surface area contributed by atoms with Gasteiger partial charge in [-0.15, -0.1) is 0 Å². The number of esters is 2. The lowest BCUT2D eigenvalue weighted by Gasteiger charge is -2.22. The van der Waals surface area contributed by atoms with Crippen molar-refractivity contribution >= 4 is 18.2 Å². The minimum Gasteiger partial charge on any atom is -0.469 e. The van der Waals surface area contributed by atoms with Gasteiger partial charge in [0.1, 0.15) is 12.3 Å². The summed E-state index contributed by atoms with van der Waals surface area (Å²) in [5, 5.41) is 22.5. The Bertz CT molecular complexity index is 781. The van der Waals surface area contributed by atoms with Crippen molar-refractivity contribution in [1.82, 2.24) is 0 Å². The molecule has 0 aliphatic rings. The first kappa shape index (κ1) is 30.3. The SMILES string of the molecule is CCCCCC(OC(=O)C[n+]1ccccc1/C=N\O)C(O)C/C=C/CCCCCCCC(=O)OC. The van der Waals surface area contributed by atoms with Crippen LogP contribution in [0.4, 0.5) is 0 Å². The van der Waals surface area contributed by atoms with Crippen molar-refractivity contribution in [3.63, 3.8) is 0 Å². The zero-order valence-electron chi connectivity index (χ0n) is 21.3. The number of methoxy groups -OCH3 is 1. The van der Waals surface area contributed by atoms with Crippen LogP contribution in [-0.4, -0.2) is 47.8 Å². The maximum absolute atomic E-state index is 12.6. The van der Waals surface area contributed by atoms with Crippen molar-refractivity contribution in [3.8, 4) is 0 Å². The number of aliphatic hydroxyl groups excluding tert-OH is 1. The van der Waals surface area contributed by atoms with E-state index in [1.54, 1.807) is 29.0 Å². The molecule has 1 rings (SSSR count). The molecule has 0 amide bonds. The van der Waals surface area contributed by atoms with Crippen molar-refractivity contribution < 1.29 is 33.9 Å². The van der Waals surface area contributed by atoms with Crippen LogP contribution in [0.5, 0.6) is 0 Å². The summed E-state index contributed by atoms with van der Waals surface area (Å²) in [6.07, 6.45) is 16.2. The molecule has 0 bridgehead atoms. The first-order valence-corrected chi connectivity index (χ1v) is 12.8. The highest BCUT2D eigenvalue weighted by Gasteiger charge is 2.24. The van der Waals surface area contributed by atoms with E-state index in [-0.39, 0.29) is 12.5 Å². The third-order valence-corrected chi connectivity index (χ3v) is 5.79. The second-order valence-electron chi connectivity index (χ2n) is 8.68. The van der Waals surface area contributed by atoms with Gasteiger partial charge in [-0.05, 0) is 44.6 Å². The smallest absolute Gasteiger partial charge is 0.373 e. The molecule has 1 aromatic heterocycles. The van der Waals surface area contributed by atoms with Crippen LogP contribution in [0.3, 0.4) is 0 Å². The Hall–Kier alpha value is -2.74. The normalized spacial score (nSPS) is 13.2. The molecule has 8 heteroatoms. The van der Waals surface area contributed by atoms with Gasteiger partial charge in [0.2, 0.25) is 12.2 Å². The Morgan fingerprint density at radius 3 is 2.57 bits per heavy atom. The van der Waals surface area contributed by atoms with Gasteiger partial charge in [-0.3, -0.25) is 4.79 Å². The first-order chi connectivity index (χ1) is 17.0. The monoisotopic (exact) mass is 491 g/mol. The Labute approximate surface area is 209 Å². The van der Waals surface area contributed by atoms with Gasteiger partial charge in [0.05, 0.1) is 13.2 Å². The third kappa shape index (κ3) is 14.3. The summed E-state index contributed by atoms with van der Waals surface area (Å²) >= 11 is 0. The standard InChI is InChI=1S/C27H42N2O6/c1-3-4-11-18-25(35-27(32)22-29-20-15-14-16-23(29)21-28-33)24(30)17-12-9-7-5-6-8-10-13-19-26(31)34-2/h9,12,14-16,20-21,24-25,30H,3-8,10-11,13,17-19,22H2,1-2H3/p+1/b12-9+. The molecule has 0 aromatic carbocycles. The maximum Gasteiger partial charge on any atom is 0.373 e. The van der Waals surface area contributed by atoms with E-state index in [9.17, 15) is 14.7 Å². The lowest BCUT2D eigenvalue weighted by atomic mass is 10.0. The summed E-state index contributed by atoms with van der Waals surface area (Å²) in [5.41, 5.74) is 0.571. The number of hydrogen-bond donors (Lipinski definition) is 2. The Morgan fingerprint density at radius 1 is 1.06 bits per heavy atom. The predicted molar refractivity (Wildman–Crippen MR) is 134 cm³/mol. The summed E-state index contributed by atoms with van der Waals surface area (Å²) in [7, 11) is 1.41. The van der Waals surface area contributed by atoms with E-state index in [0.29, 0.717) is 25.0 Å². The number of unbranched alkanes of at least 4 members (excludes halogenated alkanes) is 7. The molecular weight excluding hydrogens is 448 g/mol. The summed E-state index contributed by atoms with van der Waals surface area (Å²) < 4.78 is 11.9. The fraction of sp³-hybridized carbons (Fsp3) is 0.630. The lowest BCUT2D eigenvalue weighted by Crippen LogP contribution is -2.44. The Kier molecular flexibility index (Phi) is 16.9. The molecule has 0 fully saturated rings. The van der Waals surface area contributed by atoms with Gasteiger partial charge < -0.3 is 19.8 Å². The van der Waals surface area contributed by atoms with E-state index in [1.165, 1.54) is 13.3 Å². The number of aromatic nitrogens is 1. The molecule has 0 saturated heterocycles. The number of oxime groups is 1. The predicted octanol–water partition coefficient (Wildman–Crippen LogP) is 4.49. The average molecular weight is 492 g/mol. The Balaban J connectivity index is 2.44. The van der Waals surface area contributed by atoms with Gasteiger partial charge in [0.25, 0.3) is 0 Å². The van der Waals surface area contributed by atoms with Crippen LogP contribution in [-0.2, 0) is 25.6 Å². The minimum absolute atomic E-state index is 0.0331. The van der Waals surface area contributed by atoms with Crippen LogP contribution in [0.25, 0.3) is 0 Å². The quantitative estimate of drug-likeness (QED) is 0.0561. The summed E-state index contributed by atoms with van der Waals surface area (Å²) in [6, 6.07) is 5.30. The molecule has 196 valence electrons. The second-order valence-corrected chi connectivity index (χ2v) is 8.68. The second kappa shape index (κ2) is 19.6. The molecule has 0 saturated carbocycles. The molecule has 35 heavy (non-hydrogen) atoms. The topological polar surface area (TPSA) is 109 Å². The first-order valence-electron chi connectivity index (χ1n) is 12.8. The van der Waals surface area contributed by atoms with Crippen LogP contribution in [0.15, 0.2) is 41.7 Å². The largest absolute Gasteiger partial charge is 0.469 e. The fourth-order valence-corrected chi connectivity index (χ4v) is 3.75. The number of carbonyl (C=O) groups excluding carboxylic acids is 2. The number of hydrogen-bond acceptors (Lipinski definition) is 7. The van der Waals surface area contributed by atoms with Gasteiger partial charge in [0.15, 0.2) is 6.20 Å². The third-order valence-electron chi connectivity index (χ3n) is 5.79. The highest BCUT2D eigenvalue weighted by molar-refractivity contribution is 5.75. The van der Waals surface area contributed by atoms with Crippen molar-refractivity contribution in [3.05, 3.63) is 42.2 Å². The van der Waals surface area contributed by atoms with Crippen LogP contribution in [0, 0.1) is 0 Å². The molecule has 0 spiro atoms. The fourth-order valence-electron chi connectivity index (χ4n) is 3.75. The maximum atomic E-state index is 12.6. The summed E-state index contributed by atoms with van der Waals surface area (Å²) in [4.78, 5) is 23.7. The number of carbonyl (C=O) groups is 2. The van der Waals surface area contributed by atoms with Crippen molar-refractivity contribution in [2.45, 2.75) is 103 Å². The number of ether oxygens (including phenoxy) is 2. The summed E-state index contributed by atoms with van der Waals surface area (Å²) in [5.74, 6) is -0.588. The molecule has 2 N–H and O–H groups in total. The van der Waals surface area contributed by atoms with Crippen molar-refractivity contribution in [2.75, 3.05) is 7.11 Å². The van der Waals surface area contributed by atoms with Crippen molar-refractivity contribution in [2.24, 2.45) is 5.16 Å². The van der Waals surface area contributed by atoms with Gasteiger partial charge in [-0.25, -0.2) is 4.79 Å². The van der Waals surface area contributed by atoms with E-state index in [0.717, 1.165) is 57.8 Å². The van der Waals surface area contributed by atoms with E-state index in [4.69, 9.17) is 9.94 Å². The summed E-state index contributed by atoms with van der Waals surface area (Å²) in [6.45, 7) is 2.07. The van der Waals surface area contributed by atoms with Crippen LogP contribution >= 0.6 is 0 Å². The van der Waals surface area contributed by atoms with Gasteiger partial charge in [0, 0.05) is 18.6 Å². The van der Waals surface area contributed by atoms with E-state index < -0.39 is 18.2 Å². The van der Waals surface area contributed by atoms with E-state index >= 15 is 0 Å². The number of rotatable bonds is 19. The zero-order valence-corrected chi connectivity index (χ0v) is 21.3. The number of nitrogens with zero attached hydrogens (tertiary/aromatic N) is 2. The molecule has 8 nitrogen and oxygen atoms in total. The number of allylic oxidation sites excluding steroid dienone is 1. The number of pyridine rings is 1. The van der Waals surface area contributed by atoms with Crippen LogP contribution in [0.1, 0.15) is 89.7 Å². The Morgan fingerprint density at radius 2 is 1.83 bits per heavy atom.